The van der Waals surface area contributed by atoms with Gasteiger partial charge in [-0.3, -0.25) is 0 Å². The van der Waals surface area contributed by atoms with Crippen molar-refractivity contribution in [3.63, 3.8) is 0 Å². The highest BCUT2D eigenvalue weighted by Gasteiger charge is 2.16. The average molecular weight is 338 g/mol. The summed E-state index contributed by atoms with van der Waals surface area (Å²) < 4.78 is 31.6. The van der Waals surface area contributed by atoms with Crippen molar-refractivity contribution in [2.45, 2.75) is 31.9 Å². The Morgan fingerprint density at radius 1 is 1.33 bits per heavy atom. The number of halogens is 2. The van der Waals surface area contributed by atoms with E-state index in [2.05, 4.69) is 10.6 Å². The summed E-state index contributed by atoms with van der Waals surface area (Å²) >= 11 is 0. The van der Waals surface area contributed by atoms with Gasteiger partial charge in [-0.15, -0.1) is 0 Å². The summed E-state index contributed by atoms with van der Waals surface area (Å²) in [7, 11) is 0. The number of nitrogens with one attached hydrogen (secondary N) is 2. The van der Waals surface area contributed by atoms with Crippen LogP contribution in [-0.2, 0) is 6.42 Å². The first kappa shape index (κ1) is 17.9. The Kier molecular flexibility index (Phi) is 6.31. The summed E-state index contributed by atoms with van der Waals surface area (Å²) in [5.74, 6) is -0.587. The highest BCUT2D eigenvalue weighted by molar-refractivity contribution is 5.74. The zero-order chi connectivity index (χ0) is 17.5. The van der Waals surface area contributed by atoms with Crippen LogP contribution in [0.5, 0.6) is 0 Å². The lowest BCUT2D eigenvalue weighted by Gasteiger charge is -2.17. The molecular formula is C17H20F2N2O3. The van der Waals surface area contributed by atoms with E-state index < -0.39 is 23.8 Å². The topological polar surface area (TPSA) is 74.5 Å². The molecule has 2 rings (SSSR count). The molecule has 2 amide bonds. The summed E-state index contributed by atoms with van der Waals surface area (Å²) in [6.07, 6.45) is 1.13. The molecular weight excluding hydrogens is 318 g/mol. The molecule has 3 N–H and O–H groups in total. The zero-order valence-electron chi connectivity index (χ0n) is 13.3. The molecule has 0 radical (unpaired) electrons. The van der Waals surface area contributed by atoms with E-state index in [1.54, 1.807) is 19.1 Å². The van der Waals surface area contributed by atoms with Gasteiger partial charge in [-0.05, 0) is 49.2 Å². The quantitative estimate of drug-likeness (QED) is 0.727. The van der Waals surface area contributed by atoms with Crippen molar-refractivity contribution in [3.05, 3.63) is 59.6 Å². The van der Waals surface area contributed by atoms with Crippen molar-refractivity contribution >= 4 is 6.03 Å². The van der Waals surface area contributed by atoms with Gasteiger partial charge < -0.3 is 20.2 Å². The van der Waals surface area contributed by atoms with Crippen molar-refractivity contribution in [2.24, 2.45) is 0 Å². The van der Waals surface area contributed by atoms with Crippen LogP contribution in [0.4, 0.5) is 13.6 Å². The van der Waals surface area contributed by atoms with Gasteiger partial charge in [0.15, 0.2) is 0 Å². The van der Waals surface area contributed by atoms with Gasteiger partial charge >= 0.3 is 6.03 Å². The van der Waals surface area contributed by atoms with E-state index in [1.165, 1.54) is 6.26 Å². The van der Waals surface area contributed by atoms with Crippen LogP contribution in [0.15, 0.2) is 41.0 Å². The normalized spacial score (nSPS) is 13.3. The summed E-state index contributed by atoms with van der Waals surface area (Å²) in [5.41, 5.74) is 0.205. The number of carbonyl (C=O) groups is 1. The maximum Gasteiger partial charge on any atom is 0.315 e. The first-order chi connectivity index (χ1) is 11.5. The van der Waals surface area contributed by atoms with Crippen LogP contribution in [0.2, 0.25) is 0 Å². The first-order valence-electron chi connectivity index (χ1n) is 7.65. The molecule has 2 atom stereocenters. The minimum atomic E-state index is -0.809. The Hall–Kier alpha value is -2.41. The summed E-state index contributed by atoms with van der Waals surface area (Å²) in [5, 5.41) is 15.2. The van der Waals surface area contributed by atoms with Gasteiger partial charge in [-0.25, -0.2) is 13.6 Å². The van der Waals surface area contributed by atoms with Crippen LogP contribution < -0.4 is 10.6 Å². The van der Waals surface area contributed by atoms with Crippen LogP contribution >= 0.6 is 0 Å². The molecule has 0 saturated heterocycles. The van der Waals surface area contributed by atoms with Crippen LogP contribution in [0.25, 0.3) is 0 Å². The van der Waals surface area contributed by atoms with E-state index in [-0.39, 0.29) is 24.6 Å². The SMILES string of the molecule is C[C@@H](C[C@@H](O)c1ccco1)NC(=O)NCCc1cc(F)ccc1F. The second kappa shape index (κ2) is 8.44. The minimum Gasteiger partial charge on any atom is -0.467 e. The van der Waals surface area contributed by atoms with Gasteiger partial charge in [0.2, 0.25) is 0 Å². The number of furan rings is 1. The molecule has 130 valence electrons. The highest BCUT2D eigenvalue weighted by atomic mass is 19.1. The molecule has 0 aliphatic carbocycles. The second-order valence-electron chi connectivity index (χ2n) is 5.55. The molecule has 5 nitrogen and oxygen atoms in total. The van der Waals surface area contributed by atoms with Crippen LogP contribution in [0.1, 0.15) is 30.8 Å². The van der Waals surface area contributed by atoms with Gasteiger partial charge in [-0.1, -0.05) is 0 Å². The number of carbonyl (C=O) groups excluding carboxylic acids is 1. The van der Waals surface area contributed by atoms with Gasteiger partial charge in [0.25, 0.3) is 0 Å². The van der Waals surface area contributed by atoms with Crippen molar-refractivity contribution in [3.8, 4) is 0 Å². The lowest BCUT2D eigenvalue weighted by Crippen LogP contribution is -2.42. The molecule has 1 aromatic carbocycles. The molecule has 24 heavy (non-hydrogen) atoms. The second-order valence-corrected chi connectivity index (χ2v) is 5.55. The maximum atomic E-state index is 13.5. The van der Waals surface area contributed by atoms with Crippen molar-refractivity contribution in [1.29, 1.82) is 0 Å². The maximum absolute atomic E-state index is 13.5. The standard InChI is InChI=1S/C17H20F2N2O3/c1-11(9-15(22)16-3-2-8-24-16)21-17(23)20-7-6-12-10-13(18)4-5-14(12)19/h2-5,8,10-11,15,22H,6-7,9H2,1H3,(H2,20,21,23)/t11-,15+/m0/s1. The Labute approximate surface area is 138 Å². The Bertz CT molecular complexity index is 662. The minimum absolute atomic E-state index is 0.166. The number of rotatable bonds is 7. The molecule has 0 unspecified atom stereocenters. The van der Waals surface area contributed by atoms with Crippen LogP contribution in [-0.4, -0.2) is 23.7 Å². The van der Waals surface area contributed by atoms with Crippen molar-refractivity contribution < 1.29 is 23.1 Å². The third kappa shape index (κ3) is 5.34. The highest BCUT2D eigenvalue weighted by Crippen LogP contribution is 2.18. The molecule has 0 fully saturated rings. The number of amides is 2. The number of benzene rings is 1. The fourth-order valence-electron chi connectivity index (χ4n) is 2.31. The van der Waals surface area contributed by atoms with E-state index in [9.17, 15) is 18.7 Å². The fraction of sp³-hybridized carbons (Fsp3) is 0.353. The smallest absolute Gasteiger partial charge is 0.315 e. The van der Waals surface area contributed by atoms with Gasteiger partial charge in [0.1, 0.15) is 23.5 Å². The van der Waals surface area contributed by atoms with Crippen LogP contribution in [0.3, 0.4) is 0 Å². The van der Waals surface area contributed by atoms with E-state index in [0.717, 1.165) is 18.2 Å². The largest absolute Gasteiger partial charge is 0.467 e. The Balaban J connectivity index is 1.71. The number of aliphatic hydroxyl groups excluding tert-OH is 1. The monoisotopic (exact) mass is 338 g/mol. The molecule has 0 aliphatic heterocycles. The third-order valence-electron chi connectivity index (χ3n) is 3.51. The molecule has 2 aromatic rings. The lowest BCUT2D eigenvalue weighted by atomic mass is 10.1. The van der Waals surface area contributed by atoms with Gasteiger partial charge in [0, 0.05) is 19.0 Å². The summed E-state index contributed by atoms with van der Waals surface area (Å²) in [6, 6.07) is 5.81. The summed E-state index contributed by atoms with van der Waals surface area (Å²) in [4.78, 5) is 11.8. The molecule has 0 spiro atoms. The molecule has 0 aliphatic rings. The van der Waals surface area contributed by atoms with Gasteiger partial charge in [0.05, 0.1) is 6.26 Å². The molecule has 1 heterocycles. The number of hydrogen-bond donors (Lipinski definition) is 3. The van der Waals surface area contributed by atoms with E-state index in [4.69, 9.17) is 4.42 Å². The molecule has 0 saturated carbocycles. The average Bonchev–Trinajstić information content (AvgIpc) is 3.05. The Morgan fingerprint density at radius 2 is 2.12 bits per heavy atom. The lowest BCUT2D eigenvalue weighted by molar-refractivity contribution is 0.129. The molecule has 0 bridgehead atoms. The Morgan fingerprint density at radius 3 is 2.83 bits per heavy atom. The van der Waals surface area contributed by atoms with E-state index in [1.807, 2.05) is 0 Å². The molecule has 1 aromatic heterocycles. The number of urea groups is 1. The zero-order valence-corrected chi connectivity index (χ0v) is 13.3. The van der Waals surface area contributed by atoms with Crippen molar-refractivity contribution in [1.82, 2.24) is 10.6 Å². The van der Waals surface area contributed by atoms with Crippen LogP contribution in [0, 0.1) is 11.6 Å². The summed E-state index contributed by atoms with van der Waals surface area (Å²) in [6.45, 7) is 1.91. The van der Waals surface area contributed by atoms with Crippen molar-refractivity contribution in [2.75, 3.05) is 6.54 Å². The third-order valence-corrected chi connectivity index (χ3v) is 3.51. The molecule has 7 heteroatoms. The fourth-order valence-corrected chi connectivity index (χ4v) is 2.31. The first-order valence-corrected chi connectivity index (χ1v) is 7.65. The van der Waals surface area contributed by atoms with Gasteiger partial charge in [-0.2, -0.15) is 0 Å². The predicted octanol–water partition coefficient (Wildman–Crippen LogP) is 2.91. The number of hydrogen-bond acceptors (Lipinski definition) is 3. The van der Waals surface area contributed by atoms with E-state index >= 15 is 0 Å². The van der Waals surface area contributed by atoms with E-state index in [0.29, 0.717) is 12.2 Å². The number of aliphatic hydroxyl groups is 1. The predicted molar refractivity (Wildman–Crippen MR) is 84.3 cm³/mol.